The highest BCUT2D eigenvalue weighted by Gasteiger charge is 2.36. The van der Waals surface area contributed by atoms with Gasteiger partial charge in [-0.2, -0.15) is 4.98 Å². The van der Waals surface area contributed by atoms with E-state index in [0.29, 0.717) is 5.65 Å². The zero-order valence-corrected chi connectivity index (χ0v) is 11.2. The largest absolute Gasteiger partial charge is 0.481 e. The van der Waals surface area contributed by atoms with E-state index in [1.54, 1.807) is 16.8 Å². The number of rotatable bonds is 2. The van der Waals surface area contributed by atoms with Crippen molar-refractivity contribution in [3.8, 4) is 0 Å². The monoisotopic (exact) mass is 324 g/mol. The van der Waals surface area contributed by atoms with Crippen LogP contribution in [0.15, 0.2) is 22.8 Å². The Hall–Kier alpha value is -1.96. The molecule has 7 nitrogen and oxygen atoms in total. The number of aromatic nitrogens is 3. The van der Waals surface area contributed by atoms with Gasteiger partial charge in [-0.15, -0.1) is 5.10 Å². The maximum Gasteiger partial charge on any atom is 0.308 e. The highest BCUT2D eigenvalue weighted by molar-refractivity contribution is 9.10. The number of anilines is 1. The van der Waals surface area contributed by atoms with E-state index in [2.05, 4.69) is 26.0 Å². The van der Waals surface area contributed by atoms with Crippen LogP contribution in [0.3, 0.4) is 0 Å². The van der Waals surface area contributed by atoms with Crippen molar-refractivity contribution >= 4 is 39.4 Å². The average Bonchev–Trinajstić information content (AvgIpc) is 2.91. The molecule has 8 heteroatoms. The molecule has 1 amide bonds. The van der Waals surface area contributed by atoms with Gasteiger partial charge in [-0.1, -0.05) is 0 Å². The molecule has 1 aliphatic rings. The molecular formula is C11H9BrN4O3. The molecule has 1 saturated heterocycles. The van der Waals surface area contributed by atoms with Crippen LogP contribution in [-0.2, 0) is 9.59 Å². The number of amides is 1. The lowest BCUT2D eigenvalue weighted by Crippen LogP contribution is -2.26. The predicted octanol–water partition coefficient (Wildman–Crippen LogP) is 0.929. The number of pyridine rings is 1. The lowest BCUT2D eigenvalue weighted by Gasteiger charge is -2.09. The van der Waals surface area contributed by atoms with Crippen LogP contribution in [0.1, 0.15) is 6.42 Å². The fourth-order valence-electron chi connectivity index (χ4n) is 2.03. The van der Waals surface area contributed by atoms with Gasteiger partial charge in [-0.05, 0) is 28.1 Å². The Morgan fingerprint density at radius 2 is 2.26 bits per heavy atom. The molecule has 0 spiro atoms. The fourth-order valence-corrected chi connectivity index (χ4v) is 2.35. The summed E-state index contributed by atoms with van der Waals surface area (Å²) in [6.07, 6.45) is 1.72. The Bertz CT molecular complexity index is 684. The molecule has 3 heterocycles. The molecule has 19 heavy (non-hydrogen) atoms. The van der Waals surface area contributed by atoms with Gasteiger partial charge in [0.05, 0.1) is 5.92 Å². The minimum Gasteiger partial charge on any atom is -0.481 e. The molecule has 0 aliphatic carbocycles. The number of carbonyl (C=O) groups is 2. The average molecular weight is 325 g/mol. The van der Waals surface area contributed by atoms with Crippen LogP contribution in [-0.4, -0.2) is 38.1 Å². The first kappa shape index (κ1) is 12.1. The van der Waals surface area contributed by atoms with Crippen molar-refractivity contribution in [1.82, 2.24) is 14.6 Å². The number of hydrogen-bond donors (Lipinski definition) is 1. The second-order valence-electron chi connectivity index (χ2n) is 4.31. The van der Waals surface area contributed by atoms with Gasteiger partial charge in [-0.3, -0.25) is 14.5 Å². The molecule has 2 aromatic rings. The summed E-state index contributed by atoms with van der Waals surface area (Å²) in [6.45, 7) is 0.117. The Morgan fingerprint density at radius 1 is 1.47 bits per heavy atom. The molecule has 0 aromatic carbocycles. The van der Waals surface area contributed by atoms with Crippen molar-refractivity contribution in [2.45, 2.75) is 6.42 Å². The zero-order chi connectivity index (χ0) is 13.6. The summed E-state index contributed by atoms with van der Waals surface area (Å²) >= 11 is 3.32. The number of hydrogen-bond acceptors (Lipinski definition) is 4. The smallest absolute Gasteiger partial charge is 0.308 e. The van der Waals surface area contributed by atoms with Crippen molar-refractivity contribution in [1.29, 1.82) is 0 Å². The van der Waals surface area contributed by atoms with E-state index in [4.69, 9.17) is 5.11 Å². The molecule has 0 saturated carbocycles. The van der Waals surface area contributed by atoms with Crippen LogP contribution in [0.2, 0.25) is 0 Å². The molecule has 2 aromatic heterocycles. The second kappa shape index (κ2) is 4.30. The van der Waals surface area contributed by atoms with Gasteiger partial charge < -0.3 is 5.11 Å². The number of fused-ring (bicyclic) bond motifs is 1. The molecule has 1 atom stereocenters. The van der Waals surface area contributed by atoms with Gasteiger partial charge in [0.25, 0.3) is 5.95 Å². The summed E-state index contributed by atoms with van der Waals surface area (Å²) in [5, 5.41) is 13.1. The number of halogens is 1. The summed E-state index contributed by atoms with van der Waals surface area (Å²) in [7, 11) is 0. The van der Waals surface area contributed by atoms with Crippen molar-refractivity contribution < 1.29 is 14.7 Å². The topological polar surface area (TPSA) is 87.8 Å². The lowest BCUT2D eigenvalue weighted by atomic mass is 10.1. The second-order valence-corrected chi connectivity index (χ2v) is 5.22. The molecule has 0 bridgehead atoms. The first-order valence-corrected chi connectivity index (χ1v) is 6.39. The van der Waals surface area contributed by atoms with Gasteiger partial charge in [0, 0.05) is 23.6 Å². The van der Waals surface area contributed by atoms with Crippen LogP contribution in [0, 0.1) is 5.92 Å². The number of nitrogens with zero attached hydrogens (tertiary/aromatic N) is 4. The van der Waals surface area contributed by atoms with Gasteiger partial charge in [0.15, 0.2) is 5.65 Å². The zero-order valence-electron chi connectivity index (χ0n) is 9.65. The number of aliphatic carboxylic acids is 1. The molecular weight excluding hydrogens is 316 g/mol. The first-order valence-electron chi connectivity index (χ1n) is 5.59. The summed E-state index contributed by atoms with van der Waals surface area (Å²) in [6, 6.07) is 3.58. The van der Waals surface area contributed by atoms with E-state index < -0.39 is 11.9 Å². The maximum absolute atomic E-state index is 11.8. The molecule has 1 N–H and O–H groups in total. The van der Waals surface area contributed by atoms with Gasteiger partial charge >= 0.3 is 5.97 Å². The Kier molecular flexibility index (Phi) is 2.74. The summed E-state index contributed by atoms with van der Waals surface area (Å²) in [4.78, 5) is 28.2. The molecule has 98 valence electrons. The third-order valence-corrected chi connectivity index (χ3v) is 3.47. The molecule has 3 rings (SSSR count). The summed E-state index contributed by atoms with van der Waals surface area (Å²) in [5.74, 6) is -1.68. The first-order chi connectivity index (χ1) is 9.04. The third kappa shape index (κ3) is 2.07. The number of carboxylic acid groups (broad SMARTS) is 1. The van der Waals surface area contributed by atoms with Crippen molar-refractivity contribution in [3.05, 3.63) is 22.8 Å². The fraction of sp³-hybridized carbons (Fsp3) is 0.273. The van der Waals surface area contributed by atoms with Gasteiger partial charge in [0.2, 0.25) is 5.91 Å². The SMILES string of the molecule is O=C(O)C1CC(=O)N(c2nc3ccc(Br)cn3n2)C1. The number of carbonyl (C=O) groups excluding carboxylic acids is 1. The number of carboxylic acids is 1. The van der Waals surface area contributed by atoms with Crippen LogP contribution < -0.4 is 4.90 Å². The minimum absolute atomic E-state index is 0.00538. The standard InChI is InChI=1S/C11H9BrN4O3/c12-7-1-2-8-13-11(14-16(8)5-7)15-4-6(10(18)19)3-9(15)17/h1-2,5-6H,3-4H2,(H,18,19). The summed E-state index contributed by atoms with van der Waals surface area (Å²) in [5.41, 5.74) is 0.602. The maximum atomic E-state index is 11.8. The van der Waals surface area contributed by atoms with Crippen molar-refractivity contribution in [2.75, 3.05) is 11.4 Å². The summed E-state index contributed by atoms with van der Waals surface area (Å²) < 4.78 is 2.38. The van der Waals surface area contributed by atoms with Gasteiger partial charge in [-0.25, -0.2) is 4.52 Å². The Balaban J connectivity index is 1.96. The van der Waals surface area contributed by atoms with E-state index in [1.807, 2.05) is 6.07 Å². The molecule has 1 fully saturated rings. The van der Waals surface area contributed by atoms with Crippen molar-refractivity contribution in [2.24, 2.45) is 5.92 Å². The van der Waals surface area contributed by atoms with Crippen LogP contribution in [0.5, 0.6) is 0 Å². The normalized spacial score (nSPS) is 19.3. The van der Waals surface area contributed by atoms with Gasteiger partial charge in [0.1, 0.15) is 0 Å². The highest BCUT2D eigenvalue weighted by atomic mass is 79.9. The molecule has 0 radical (unpaired) electrons. The third-order valence-electron chi connectivity index (χ3n) is 3.00. The Labute approximate surface area is 116 Å². The molecule has 1 unspecified atom stereocenters. The highest BCUT2D eigenvalue weighted by Crippen LogP contribution is 2.23. The van der Waals surface area contributed by atoms with Crippen LogP contribution in [0.4, 0.5) is 5.95 Å². The molecule has 1 aliphatic heterocycles. The van der Waals surface area contributed by atoms with E-state index in [1.165, 1.54) is 4.90 Å². The van der Waals surface area contributed by atoms with E-state index >= 15 is 0 Å². The van der Waals surface area contributed by atoms with Crippen molar-refractivity contribution in [3.63, 3.8) is 0 Å². The van der Waals surface area contributed by atoms with E-state index in [-0.39, 0.29) is 24.8 Å². The van der Waals surface area contributed by atoms with E-state index in [9.17, 15) is 9.59 Å². The Morgan fingerprint density at radius 3 is 2.95 bits per heavy atom. The van der Waals surface area contributed by atoms with Crippen LogP contribution >= 0.6 is 15.9 Å². The quantitative estimate of drug-likeness (QED) is 0.887. The predicted molar refractivity (Wildman–Crippen MR) is 68.8 cm³/mol. The van der Waals surface area contributed by atoms with E-state index in [0.717, 1.165) is 4.47 Å². The minimum atomic E-state index is -0.970. The van der Waals surface area contributed by atoms with Crippen LogP contribution in [0.25, 0.3) is 5.65 Å². The lowest BCUT2D eigenvalue weighted by molar-refractivity contribution is -0.141.